The molecule has 104 valence electrons. The maximum atomic E-state index is 12.6. The molecule has 1 heterocycles. The van der Waals surface area contributed by atoms with Crippen molar-refractivity contribution in [2.45, 2.75) is 40.0 Å². The molecule has 0 saturated heterocycles. The Balaban J connectivity index is 2.38. The predicted molar refractivity (Wildman–Crippen MR) is 80.1 cm³/mol. The first-order valence-electron chi connectivity index (χ1n) is 7.00. The van der Waals surface area contributed by atoms with Crippen molar-refractivity contribution < 1.29 is 4.79 Å². The molecule has 0 spiro atoms. The summed E-state index contributed by atoms with van der Waals surface area (Å²) in [6.45, 7) is 8.12. The van der Waals surface area contributed by atoms with Crippen molar-refractivity contribution in [2.75, 3.05) is 0 Å². The Morgan fingerprint density at radius 2 is 1.80 bits per heavy atom. The lowest BCUT2D eigenvalue weighted by atomic mass is 9.97. The van der Waals surface area contributed by atoms with Crippen molar-refractivity contribution in [1.82, 2.24) is 10.2 Å². The molecular weight excluding hydrogens is 248 g/mol. The summed E-state index contributed by atoms with van der Waals surface area (Å²) in [5.41, 5.74) is 4.13. The molecule has 0 fully saturated rings. The number of carbonyl (C=O) groups is 1. The van der Waals surface area contributed by atoms with Gasteiger partial charge in [-0.1, -0.05) is 45.0 Å². The lowest BCUT2D eigenvalue weighted by molar-refractivity contribution is 0.103. The van der Waals surface area contributed by atoms with Crippen LogP contribution >= 0.6 is 0 Å². The Morgan fingerprint density at radius 3 is 2.35 bits per heavy atom. The van der Waals surface area contributed by atoms with Crippen LogP contribution in [0, 0.1) is 6.92 Å². The minimum atomic E-state index is 0.0233. The van der Waals surface area contributed by atoms with Gasteiger partial charge in [-0.2, -0.15) is 10.2 Å². The first kappa shape index (κ1) is 14.4. The van der Waals surface area contributed by atoms with Crippen LogP contribution in [0.25, 0.3) is 0 Å². The standard InChI is InChI=1S/C17H20N2O/c1-5-16-15(10-12(4)18-19-16)17(20)14-8-6-13(7-9-14)11(2)3/h6-11H,5H2,1-4H3. The van der Waals surface area contributed by atoms with Crippen molar-refractivity contribution in [3.05, 3.63) is 58.4 Å². The molecule has 0 bridgehead atoms. The predicted octanol–water partition coefficient (Wildman–Crippen LogP) is 3.70. The Labute approximate surface area is 120 Å². The molecule has 3 heteroatoms. The molecule has 0 amide bonds. The van der Waals surface area contributed by atoms with E-state index in [2.05, 4.69) is 24.0 Å². The Hall–Kier alpha value is -2.03. The van der Waals surface area contributed by atoms with Gasteiger partial charge in [-0.15, -0.1) is 0 Å². The third-order valence-corrected chi connectivity index (χ3v) is 3.41. The van der Waals surface area contributed by atoms with Crippen LogP contribution in [0.2, 0.25) is 0 Å². The van der Waals surface area contributed by atoms with Gasteiger partial charge in [0.05, 0.1) is 11.4 Å². The number of nitrogens with zero attached hydrogens (tertiary/aromatic N) is 2. The molecule has 0 atom stereocenters. The molecule has 0 aliphatic carbocycles. The van der Waals surface area contributed by atoms with E-state index >= 15 is 0 Å². The SMILES string of the molecule is CCc1nnc(C)cc1C(=O)c1ccc(C(C)C)cc1. The third-order valence-electron chi connectivity index (χ3n) is 3.41. The zero-order valence-corrected chi connectivity index (χ0v) is 12.5. The van der Waals surface area contributed by atoms with E-state index in [1.807, 2.05) is 44.2 Å². The van der Waals surface area contributed by atoms with Crippen LogP contribution in [-0.4, -0.2) is 16.0 Å². The molecule has 1 aromatic heterocycles. The van der Waals surface area contributed by atoms with Gasteiger partial charge in [0.2, 0.25) is 0 Å². The average Bonchev–Trinajstić information content (AvgIpc) is 2.46. The second kappa shape index (κ2) is 5.95. The molecule has 2 aromatic rings. The van der Waals surface area contributed by atoms with Crippen LogP contribution in [0.1, 0.15) is 59.6 Å². The summed E-state index contributed by atoms with van der Waals surface area (Å²) in [4.78, 5) is 12.6. The fraction of sp³-hybridized carbons (Fsp3) is 0.353. The van der Waals surface area contributed by atoms with Crippen LogP contribution in [0.15, 0.2) is 30.3 Å². The van der Waals surface area contributed by atoms with E-state index in [0.29, 0.717) is 23.5 Å². The molecule has 0 aliphatic heterocycles. The lowest BCUT2D eigenvalue weighted by Gasteiger charge is -2.08. The zero-order chi connectivity index (χ0) is 14.7. The van der Waals surface area contributed by atoms with Gasteiger partial charge in [-0.25, -0.2) is 0 Å². The van der Waals surface area contributed by atoms with E-state index in [9.17, 15) is 4.79 Å². The highest BCUT2D eigenvalue weighted by Gasteiger charge is 2.15. The number of aryl methyl sites for hydroxylation is 2. The number of carbonyl (C=O) groups excluding carboxylic acids is 1. The maximum absolute atomic E-state index is 12.6. The summed E-state index contributed by atoms with van der Waals surface area (Å²) in [6, 6.07) is 9.65. The second-order valence-electron chi connectivity index (χ2n) is 5.31. The van der Waals surface area contributed by atoms with Crippen LogP contribution in [-0.2, 0) is 6.42 Å². The molecule has 0 saturated carbocycles. The number of ketones is 1. The molecule has 0 unspecified atom stereocenters. The first-order chi connectivity index (χ1) is 9.52. The Morgan fingerprint density at radius 1 is 1.15 bits per heavy atom. The molecule has 2 rings (SSSR count). The summed E-state index contributed by atoms with van der Waals surface area (Å²) < 4.78 is 0. The average molecular weight is 268 g/mol. The van der Waals surface area contributed by atoms with Crippen molar-refractivity contribution >= 4 is 5.78 Å². The van der Waals surface area contributed by atoms with Gasteiger partial charge in [-0.3, -0.25) is 4.79 Å². The van der Waals surface area contributed by atoms with Crippen LogP contribution in [0.3, 0.4) is 0 Å². The molecule has 0 N–H and O–H groups in total. The fourth-order valence-electron chi connectivity index (χ4n) is 2.15. The number of rotatable bonds is 4. The normalized spacial score (nSPS) is 10.8. The maximum Gasteiger partial charge on any atom is 0.194 e. The van der Waals surface area contributed by atoms with E-state index in [4.69, 9.17) is 0 Å². The number of hydrogen-bond donors (Lipinski definition) is 0. The van der Waals surface area contributed by atoms with Crippen LogP contribution in [0.4, 0.5) is 0 Å². The summed E-state index contributed by atoms with van der Waals surface area (Å²) in [7, 11) is 0. The van der Waals surface area contributed by atoms with Crippen LogP contribution < -0.4 is 0 Å². The number of hydrogen-bond acceptors (Lipinski definition) is 3. The number of aromatic nitrogens is 2. The first-order valence-corrected chi connectivity index (χ1v) is 7.00. The number of benzene rings is 1. The summed E-state index contributed by atoms with van der Waals surface area (Å²) in [5, 5.41) is 8.14. The van der Waals surface area contributed by atoms with Gasteiger partial charge in [0, 0.05) is 11.1 Å². The fourth-order valence-corrected chi connectivity index (χ4v) is 2.15. The highest BCUT2D eigenvalue weighted by molar-refractivity contribution is 6.09. The third kappa shape index (κ3) is 2.93. The minimum Gasteiger partial charge on any atom is -0.289 e. The van der Waals surface area contributed by atoms with Crippen molar-refractivity contribution in [2.24, 2.45) is 0 Å². The van der Waals surface area contributed by atoms with E-state index < -0.39 is 0 Å². The van der Waals surface area contributed by atoms with Gasteiger partial charge in [-0.05, 0) is 30.9 Å². The van der Waals surface area contributed by atoms with Crippen molar-refractivity contribution in [3.63, 3.8) is 0 Å². The van der Waals surface area contributed by atoms with Crippen molar-refractivity contribution in [3.8, 4) is 0 Å². The quantitative estimate of drug-likeness (QED) is 0.794. The van der Waals surface area contributed by atoms with Crippen molar-refractivity contribution in [1.29, 1.82) is 0 Å². The van der Waals surface area contributed by atoms with E-state index in [-0.39, 0.29) is 5.78 Å². The monoisotopic (exact) mass is 268 g/mol. The minimum absolute atomic E-state index is 0.0233. The molecule has 0 radical (unpaired) electrons. The molecule has 1 aromatic carbocycles. The zero-order valence-electron chi connectivity index (χ0n) is 12.5. The van der Waals surface area contributed by atoms with Gasteiger partial charge < -0.3 is 0 Å². The highest BCUT2D eigenvalue weighted by Crippen LogP contribution is 2.18. The lowest BCUT2D eigenvalue weighted by Crippen LogP contribution is -2.09. The molecule has 0 aliphatic rings. The van der Waals surface area contributed by atoms with Gasteiger partial charge >= 0.3 is 0 Å². The van der Waals surface area contributed by atoms with Gasteiger partial charge in [0.25, 0.3) is 0 Å². The largest absolute Gasteiger partial charge is 0.289 e. The van der Waals surface area contributed by atoms with E-state index in [1.54, 1.807) is 0 Å². The van der Waals surface area contributed by atoms with E-state index in [0.717, 1.165) is 11.4 Å². The Kier molecular flexibility index (Phi) is 4.28. The summed E-state index contributed by atoms with van der Waals surface area (Å²) >= 11 is 0. The summed E-state index contributed by atoms with van der Waals surface area (Å²) in [6.07, 6.45) is 0.707. The topological polar surface area (TPSA) is 42.9 Å². The summed E-state index contributed by atoms with van der Waals surface area (Å²) in [5.74, 6) is 0.491. The van der Waals surface area contributed by atoms with E-state index in [1.165, 1.54) is 5.56 Å². The van der Waals surface area contributed by atoms with Gasteiger partial charge in [0.15, 0.2) is 5.78 Å². The highest BCUT2D eigenvalue weighted by atomic mass is 16.1. The molecule has 20 heavy (non-hydrogen) atoms. The molecule has 3 nitrogen and oxygen atoms in total. The Bertz CT molecular complexity index is 615. The smallest absolute Gasteiger partial charge is 0.194 e. The van der Waals surface area contributed by atoms with Gasteiger partial charge in [0.1, 0.15) is 0 Å². The second-order valence-corrected chi connectivity index (χ2v) is 5.31. The molecular formula is C17H20N2O. The van der Waals surface area contributed by atoms with Crippen LogP contribution in [0.5, 0.6) is 0 Å².